The van der Waals surface area contributed by atoms with Gasteiger partial charge in [0.1, 0.15) is 5.69 Å². The third-order valence-electron chi connectivity index (χ3n) is 4.82. The molecule has 1 unspecified atom stereocenters. The number of aromatic nitrogens is 2. The van der Waals surface area contributed by atoms with Crippen LogP contribution in [-0.2, 0) is 4.79 Å². The van der Waals surface area contributed by atoms with Crippen molar-refractivity contribution in [2.75, 3.05) is 26.2 Å². The summed E-state index contributed by atoms with van der Waals surface area (Å²) in [6.07, 6.45) is 2.94. The smallest absolute Gasteiger partial charge is 0.272 e. The number of benzene rings is 1. The lowest BCUT2D eigenvalue weighted by Gasteiger charge is -2.33. The third kappa shape index (κ3) is 4.54. The summed E-state index contributed by atoms with van der Waals surface area (Å²) in [6.45, 7) is 2.59. The van der Waals surface area contributed by atoms with Crippen molar-refractivity contribution in [1.29, 1.82) is 0 Å². The Bertz CT molecular complexity index is 834. The molecule has 150 valence electrons. The van der Waals surface area contributed by atoms with Gasteiger partial charge >= 0.3 is 0 Å². The third-order valence-corrected chi connectivity index (χ3v) is 5.07. The zero-order chi connectivity index (χ0) is 20.1. The van der Waals surface area contributed by atoms with Crippen molar-refractivity contribution in [2.45, 2.75) is 32.2 Å². The molecule has 28 heavy (non-hydrogen) atoms. The van der Waals surface area contributed by atoms with E-state index in [2.05, 4.69) is 12.2 Å². The minimum atomic E-state index is -0.275. The first kappa shape index (κ1) is 20.4. The highest BCUT2D eigenvalue weighted by Crippen LogP contribution is 2.29. The highest BCUT2D eigenvalue weighted by atomic mass is 35.5. The van der Waals surface area contributed by atoms with Crippen LogP contribution < -0.4 is 5.32 Å². The summed E-state index contributed by atoms with van der Waals surface area (Å²) in [5.74, 6) is -0.484. The molecule has 1 aromatic heterocycles. The van der Waals surface area contributed by atoms with Gasteiger partial charge in [-0.15, -0.1) is 0 Å². The zero-order valence-corrected chi connectivity index (χ0v) is 16.7. The molecule has 1 aliphatic rings. The fourth-order valence-corrected chi connectivity index (χ4v) is 3.51. The average Bonchev–Trinajstić information content (AvgIpc) is 3.14. The van der Waals surface area contributed by atoms with E-state index < -0.39 is 0 Å². The average molecular weight is 405 g/mol. The molecule has 0 fully saturated rings. The van der Waals surface area contributed by atoms with E-state index in [1.807, 2.05) is 16.8 Å². The van der Waals surface area contributed by atoms with Crippen LogP contribution in [0.15, 0.2) is 30.3 Å². The van der Waals surface area contributed by atoms with Gasteiger partial charge < -0.3 is 15.3 Å². The highest BCUT2D eigenvalue weighted by molar-refractivity contribution is 6.30. The molecule has 1 atom stereocenters. The van der Waals surface area contributed by atoms with Gasteiger partial charge in [-0.05, 0) is 24.6 Å². The van der Waals surface area contributed by atoms with Crippen molar-refractivity contribution >= 4 is 23.4 Å². The first-order valence-corrected chi connectivity index (χ1v) is 9.93. The van der Waals surface area contributed by atoms with E-state index in [9.17, 15) is 9.59 Å². The number of aliphatic hydroxyl groups excluding tert-OH is 1. The molecule has 2 heterocycles. The van der Waals surface area contributed by atoms with Crippen molar-refractivity contribution < 1.29 is 14.7 Å². The minimum absolute atomic E-state index is 0.0249. The summed E-state index contributed by atoms with van der Waals surface area (Å²) >= 11 is 5.97. The Balaban J connectivity index is 1.87. The topological polar surface area (TPSA) is 87.5 Å². The lowest BCUT2D eigenvalue weighted by Crippen LogP contribution is -2.48. The Morgan fingerprint density at radius 2 is 2.11 bits per heavy atom. The van der Waals surface area contributed by atoms with Gasteiger partial charge in [-0.25, -0.2) is 0 Å². The molecular formula is C20H25ClN4O3. The van der Waals surface area contributed by atoms with Gasteiger partial charge in [-0.2, -0.15) is 5.10 Å². The van der Waals surface area contributed by atoms with Gasteiger partial charge in [-0.3, -0.25) is 14.3 Å². The molecule has 0 saturated heterocycles. The first-order valence-electron chi connectivity index (χ1n) is 9.55. The number of amides is 2. The molecule has 0 spiro atoms. The molecule has 2 N–H and O–H groups in total. The van der Waals surface area contributed by atoms with Crippen molar-refractivity contribution in [3.8, 4) is 11.3 Å². The molecule has 0 aliphatic carbocycles. The number of halogens is 1. The van der Waals surface area contributed by atoms with Gasteiger partial charge in [0.25, 0.3) is 5.91 Å². The van der Waals surface area contributed by atoms with Crippen LogP contribution in [0.1, 0.15) is 42.7 Å². The molecule has 0 radical (unpaired) electrons. The van der Waals surface area contributed by atoms with Gasteiger partial charge in [0.2, 0.25) is 5.91 Å². The Hall–Kier alpha value is -2.38. The van der Waals surface area contributed by atoms with Crippen LogP contribution in [0.4, 0.5) is 0 Å². The van der Waals surface area contributed by atoms with Crippen molar-refractivity contribution in [1.82, 2.24) is 20.0 Å². The van der Waals surface area contributed by atoms with Crippen LogP contribution in [0.2, 0.25) is 5.02 Å². The number of carbonyl (C=O) groups excluding carboxylic acids is 2. The van der Waals surface area contributed by atoms with E-state index in [0.717, 1.165) is 24.8 Å². The van der Waals surface area contributed by atoms with Gasteiger partial charge in [0.05, 0.1) is 24.9 Å². The van der Waals surface area contributed by atoms with Crippen molar-refractivity contribution in [3.05, 3.63) is 41.0 Å². The lowest BCUT2D eigenvalue weighted by molar-refractivity contribution is -0.122. The summed E-state index contributed by atoms with van der Waals surface area (Å²) in [6, 6.07) is 9.15. The van der Waals surface area contributed by atoms with Crippen LogP contribution in [0.3, 0.4) is 0 Å². The number of fused-ring (bicyclic) bond motifs is 1. The van der Waals surface area contributed by atoms with E-state index in [1.54, 1.807) is 23.1 Å². The molecule has 8 heteroatoms. The van der Waals surface area contributed by atoms with Crippen LogP contribution >= 0.6 is 11.6 Å². The SMILES string of the molecule is CCCCC1CN(CC(=O)NCCO)C(=O)c2cc(-c3ccc(Cl)cc3)nn21. The Morgan fingerprint density at radius 3 is 2.79 bits per heavy atom. The highest BCUT2D eigenvalue weighted by Gasteiger charge is 2.33. The van der Waals surface area contributed by atoms with Gasteiger partial charge in [-0.1, -0.05) is 43.5 Å². The normalized spacial score (nSPS) is 16.2. The standard InChI is InChI=1S/C20H25ClN4O3/c1-2-3-4-16-12-24(13-19(27)22-9-10-26)20(28)18-11-17(23-25(16)18)14-5-7-15(21)8-6-14/h5-8,11,16,26H,2-4,9-10,12-13H2,1H3,(H,22,27). The number of unbranched alkanes of at least 4 members (excludes halogenated alkanes) is 1. The molecule has 1 aliphatic heterocycles. The maximum absolute atomic E-state index is 13.0. The number of aliphatic hydroxyl groups is 1. The van der Waals surface area contributed by atoms with Crippen LogP contribution in [0.25, 0.3) is 11.3 Å². The summed E-state index contributed by atoms with van der Waals surface area (Å²) < 4.78 is 1.81. The molecule has 7 nitrogen and oxygen atoms in total. The zero-order valence-electron chi connectivity index (χ0n) is 15.9. The Kier molecular flexibility index (Phi) is 6.70. The second-order valence-electron chi connectivity index (χ2n) is 6.92. The van der Waals surface area contributed by atoms with E-state index >= 15 is 0 Å². The second kappa shape index (κ2) is 9.21. The van der Waals surface area contributed by atoms with Crippen molar-refractivity contribution in [2.24, 2.45) is 0 Å². The molecule has 0 bridgehead atoms. The summed E-state index contributed by atoms with van der Waals surface area (Å²) in [5, 5.41) is 16.8. The van der Waals surface area contributed by atoms with E-state index in [0.29, 0.717) is 23.0 Å². The fraction of sp³-hybridized carbons (Fsp3) is 0.450. The van der Waals surface area contributed by atoms with Crippen LogP contribution in [-0.4, -0.2) is 57.8 Å². The number of hydrogen-bond acceptors (Lipinski definition) is 4. The quantitative estimate of drug-likeness (QED) is 0.707. The molecule has 1 aromatic carbocycles. The van der Waals surface area contributed by atoms with Gasteiger partial charge in [0, 0.05) is 23.7 Å². The molecular weight excluding hydrogens is 380 g/mol. The van der Waals surface area contributed by atoms with E-state index in [1.165, 1.54) is 0 Å². The minimum Gasteiger partial charge on any atom is -0.395 e. The Morgan fingerprint density at radius 1 is 1.36 bits per heavy atom. The Labute approximate surface area is 169 Å². The van der Waals surface area contributed by atoms with Crippen LogP contribution in [0, 0.1) is 0 Å². The van der Waals surface area contributed by atoms with E-state index in [-0.39, 0.29) is 37.6 Å². The number of hydrogen-bond donors (Lipinski definition) is 2. The monoisotopic (exact) mass is 404 g/mol. The van der Waals surface area contributed by atoms with Gasteiger partial charge in [0.15, 0.2) is 0 Å². The number of nitrogens with one attached hydrogen (secondary N) is 1. The fourth-order valence-electron chi connectivity index (χ4n) is 3.39. The molecule has 3 rings (SSSR count). The maximum Gasteiger partial charge on any atom is 0.272 e. The van der Waals surface area contributed by atoms with E-state index in [4.69, 9.17) is 21.8 Å². The summed E-state index contributed by atoms with van der Waals surface area (Å²) in [7, 11) is 0. The van der Waals surface area contributed by atoms with Crippen LogP contribution in [0.5, 0.6) is 0 Å². The predicted octanol–water partition coefficient (Wildman–Crippen LogP) is 2.50. The summed E-state index contributed by atoms with van der Waals surface area (Å²) in [5.41, 5.74) is 2.10. The maximum atomic E-state index is 13.0. The predicted molar refractivity (Wildman–Crippen MR) is 107 cm³/mol. The molecule has 2 amide bonds. The second-order valence-corrected chi connectivity index (χ2v) is 7.36. The number of nitrogens with zero attached hydrogens (tertiary/aromatic N) is 3. The molecule has 2 aromatic rings. The largest absolute Gasteiger partial charge is 0.395 e. The van der Waals surface area contributed by atoms with Crippen molar-refractivity contribution in [3.63, 3.8) is 0 Å². The lowest BCUT2D eigenvalue weighted by atomic mass is 10.1. The first-order chi connectivity index (χ1) is 13.5. The summed E-state index contributed by atoms with van der Waals surface area (Å²) in [4.78, 5) is 26.6. The number of rotatable bonds is 8. The molecule has 0 saturated carbocycles. The number of carbonyl (C=O) groups is 2.